The van der Waals surface area contributed by atoms with E-state index in [4.69, 9.17) is 16.0 Å². The van der Waals surface area contributed by atoms with E-state index in [1.165, 1.54) is 0 Å². The Bertz CT molecular complexity index is 422. The van der Waals surface area contributed by atoms with Gasteiger partial charge in [-0.2, -0.15) is 5.10 Å². The SMILES string of the molecule is Cc1[nH]ncc1-c1nnc(CCCl)o1. The van der Waals surface area contributed by atoms with Crippen LogP contribution in [0.3, 0.4) is 0 Å². The van der Waals surface area contributed by atoms with Gasteiger partial charge >= 0.3 is 0 Å². The molecule has 0 spiro atoms. The molecule has 0 amide bonds. The lowest BCUT2D eigenvalue weighted by Crippen LogP contribution is -1.84. The van der Waals surface area contributed by atoms with Gasteiger partial charge in [-0.25, -0.2) is 0 Å². The molecule has 2 rings (SSSR count). The normalized spacial score (nSPS) is 10.7. The van der Waals surface area contributed by atoms with Crippen molar-refractivity contribution in [3.63, 3.8) is 0 Å². The standard InChI is InChI=1S/C8H9ClN4O/c1-5-6(4-10-11-5)8-13-12-7(14-8)2-3-9/h4H,2-3H2,1H3,(H,10,11). The zero-order chi connectivity index (χ0) is 9.97. The zero-order valence-electron chi connectivity index (χ0n) is 7.62. The Morgan fingerprint density at radius 2 is 2.36 bits per heavy atom. The van der Waals surface area contributed by atoms with Crippen LogP contribution in [0.4, 0.5) is 0 Å². The molecule has 0 saturated heterocycles. The Kier molecular flexibility index (Phi) is 2.49. The third-order valence-corrected chi connectivity index (χ3v) is 2.02. The Labute approximate surface area is 85.5 Å². The molecule has 2 heterocycles. The Morgan fingerprint density at radius 3 is 3.00 bits per heavy atom. The summed E-state index contributed by atoms with van der Waals surface area (Å²) in [4.78, 5) is 0. The molecule has 0 unspecified atom stereocenters. The highest BCUT2D eigenvalue weighted by atomic mass is 35.5. The molecule has 14 heavy (non-hydrogen) atoms. The average Bonchev–Trinajstić information content (AvgIpc) is 2.74. The van der Waals surface area contributed by atoms with E-state index in [0.29, 0.717) is 24.1 Å². The third-order valence-electron chi connectivity index (χ3n) is 1.84. The highest BCUT2D eigenvalue weighted by Gasteiger charge is 2.11. The van der Waals surface area contributed by atoms with Crippen LogP contribution in [0.25, 0.3) is 11.5 Å². The molecule has 0 aliphatic rings. The maximum absolute atomic E-state index is 5.56. The number of aromatic nitrogens is 4. The van der Waals surface area contributed by atoms with Gasteiger partial charge in [0.2, 0.25) is 5.89 Å². The first kappa shape index (κ1) is 9.21. The number of hydrogen-bond donors (Lipinski definition) is 1. The Morgan fingerprint density at radius 1 is 1.50 bits per heavy atom. The molecule has 0 saturated carbocycles. The lowest BCUT2D eigenvalue weighted by Gasteiger charge is -1.89. The van der Waals surface area contributed by atoms with Crippen LogP contribution in [0.15, 0.2) is 10.6 Å². The predicted octanol–water partition coefficient (Wildman–Crippen LogP) is 1.55. The van der Waals surface area contributed by atoms with Gasteiger partial charge in [0, 0.05) is 18.0 Å². The van der Waals surface area contributed by atoms with E-state index in [1.54, 1.807) is 6.20 Å². The largest absolute Gasteiger partial charge is 0.421 e. The molecule has 6 heteroatoms. The van der Waals surface area contributed by atoms with E-state index in [9.17, 15) is 0 Å². The van der Waals surface area contributed by atoms with E-state index in [1.807, 2.05) is 6.92 Å². The molecule has 0 aliphatic heterocycles. The van der Waals surface area contributed by atoms with Crippen LogP contribution >= 0.6 is 11.6 Å². The molecule has 0 bridgehead atoms. The summed E-state index contributed by atoms with van der Waals surface area (Å²) in [5, 5.41) is 14.4. The molecule has 2 aromatic heterocycles. The van der Waals surface area contributed by atoms with E-state index in [0.717, 1.165) is 11.3 Å². The molecular weight excluding hydrogens is 204 g/mol. The van der Waals surface area contributed by atoms with Crippen LogP contribution in [0, 0.1) is 6.92 Å². The number of aromatic amines is 1. The molecular formula is C8H9ClN4O. The van der Waals surface area contributed by atoms with Crippen molar-refractivity contribution >= 4 is 11.6 Å². The minimum atomic E-state index is 0.478. The number of halogens is 1. The minimum Gasteiger partial charge on any atom is -0.421 e. The molecule has 0 fully saturated rings. The number of aryl methyl sites for hydroxylation is 2. The van der Waals surface area contributed by atoms with Gasteiger partial charge in [-0.05, 0) is 6.92 Å². The second-order valence-electron chi connectivity index (χ2n) is 2.85. The summed E-state index contributed by atoms with van der Waals surface area (Å²) in [5.41, 5.74) is 1.74. The summed E-state index contributed by atoms with van der Waals surface area (Å²) in [5.74, 6) is 1.51. The summed E-state index contributed by atoms with van der Waals surface area (Å²) >= 11 is 5.56. The fourth-order valence-corrected chi connectivity index (χ4v) is 1.27. The smallest absolute Gasteiger partial charge is 0.251 e. The minimum absolute atomic E-state index is 0.478. The molecule has 5 nitrogen and oxygen atoms in total. The molecule has 0 atom stereocenters. The maximum Gasteiger partial charge on any atom is 0.251 e. The van der Waals surface area contributed by atoms with E-state index >= 15 is 0 Å². The van der Waals surface area contributed by atoms with Crippen molar-refractivity contribution in [1.29, 1.82) is 0 Å². The molecule has 74 valence electrons. The van der Waals surface area contributed by atoms with Crippen LogP contribution in [0.2, 0.25) is 0 Å². The molecule has 0 radical (unpaired) electrons. The van der Waals surface area contributed by atoms with Gasteiger partial charge < -0.3 is 4.42 Å². The van der Waals surface area contributed by atoms with Gasteiger partial charge in [-0.1, -0.05) is 0 Å². The third kappa shape index (κ3) is 1.63. The first-order valence-corrected chi connectivity index (χ1v) is 4.73. The summed E-state index contributed by atoms with van der Waals surface area (Å²) in [6.07, 6.45) is 2.25. The van der Waals surface area contributed by atoms with Gasteiger partial charge in [-0.3, -0.25) is 5.10 Å². The van der Waals surface area contributed by atoms with E-state index in [-0.39, 0.29) is 0 Å². The highest BCUT2D eigenvalue weighted by molar-refractivity contribution is 6.17. The van der Waals surface area contributed by atoms with Crippen molar-refractivity contribution in [2.24, 2.45) is 0 Å². The van der Waals surface area contributed by atoms with Crippen molar-refractivity contribution in [2.45, 2.75) is 13.3 Å². The van der Waals surface area contributed by atoms with E-state index < -0.39 is 0 Å². The van der Waals surface area contributed by atoms with Gasteiger partial charge in [0.15, 0.2) is 0 Å². The number of alkyl halides is 1. The quantitative estimate of drug-likeness (QED) is 0.784. The second-order valence-corrected chi connectivity index (χ2v) is 3.23. The van der Waals surface area contributed by atoms with Crippen molar-refractivity contribution in [3.05, 3.63) is 17.8 Å². The number of H-pyrrole nitrogens is 1. The first-order chi connectivity index (χ1) is 6.81. The fraction of sp³-hybridized carbons (Fsp3) is 0.375. The highest BCUT2D eigenvalue weighted by Crippen LogP contribution is 2.19. The Hall–Kier alpha value is -1.36. The van der Waals surface area contributed by atoms with Gasteiger partial charge in [0.25, 0.3) is 5.89 Å². The van der Waals surface area contributed by atoms with Gasteiger partial charge in [0.05, 0.1) is 11.8 Å². The summed E-state index contributed by atoms with van der Waals surface area (Å²) in [6.45, 7) is 1.90. The number of nitrogens with zero attached hydrogens (tertiary/aromatic N) is 3. The van der Waals surface area contributed by atoms with Crippen molar-refractivity contribution < 1.29 is 4.42 Å². The molecule has 2 aromatic rings. The van der Waals surface area contributed by atoms with Gasteiger partial charge in [0.1, 0.15) is 0 Å². The van der Waals surface area contributed by atoms with Crippen molar-refractivity contribution in [3.8, 4) is 11.5 Å². The van der Waals surface area contributed by atoms with Crippen LogP contribution < -0.4 is 0 Å². The monoisotopic (exact) mass is 212 g/mol. The van der Waals surface area contributed by atoms with E-state index in [2.05, 4.69) is 20.4 Å². The average molecular weight is 213 g/mol. The maximum atomic E-state index is 5.56. The lowest BCUT2D eigenvalue weighted by molar-refractivity contribution is 0.513. The van der Waals surface area contributed by atoms with Crippen LogP contribution in [-0.2, 0) is 6.42 Å². The number of nitrogens with one attached hydrogen (secondary N) is 1. The topological polar surface area (TPSA) is 67.6 Å². The van der Waals surface area contributed by atoms with Gasteiger partial charge in [-0.15, -0.1) is 21.8 Å². The molecule has 1 N–H and O–H groups in total. The lowest BCUT2D eigenvalue weighted by atomic mass is 10.3. The Balaban J connectivity index is 2.29. The van der Waals surface area contributed by atoms with Crippen molar-refractivity contribution in [2.75, 3.05) is 5.88 Å². The summed E-state index contributed by atoms with van der Waals surface area (Å²) in [7, 11) is 0. The zero-order valence-corrected chi connectivity index (χ0v) is 8.38. The predicted molar refractivity (Wildman–Crippen MR) is 51.0 cm³/mol. The first-order valence-electron chi connectivity index (χ1n) is 4.20. The second kappa shape index (κ2) is 3.79. The fourth-order valence-electron chi connectivity index (χ4n) is 1.11. The summed E-state index contributed by atoms with van der Waals surface area (Å²) < 4.78 is 5.38. The van der Waals surface area contributed by atoms with Crippen LogP contribution in [0.1, 0.15) is 11.6 Å². The van der Waals surface area contributed by atoms with Crippen LogP contribution in [0.5, 0.6) is 0 Å². The number of hydrogen-bond acceptors (Lipinski definition) is 4. The van der Waals surface area contributed by atoms with Crippen LogP contribution in [-0.4, -0.2) is 26.3 Å². The summed E-state index contributed by atoms with van der Waals surface area (Å²) in [6, 6.07) is 0. The number of rotatable bonds is 3. The molecule has 0 aliphatic carbocycles. The molecule has 0 aromatic carbocycles. The van der Waals surface area contributed by atoms with Crippen molar-refractivity contribution in [1.82, 2.24) is 20.4 Å².